The Hall–Kier alpha value is -1.51. The predicted molar refractivity (Wildman–Crippen MR) is 62.2 cm³/mol. The maximum atomic E-state index is 5.30. The van der Waals surface area contributed by atoms with Crippen molar-refractivity contribution in [1.82, 2.24) is 5.16 Å². The summed E-state index contributed by atoms with van der Waals surface area (Å²) < 4.78 is 5.30. The van der Waals surface area contributed by atoms with Crippen LogP contribution in [0.4, 0.5) is 5.82 Å². The molecule has 1 aromatic heterocycles. The number of hydrogen-bond acceptors (Lipinski definition) is 3. The van der Waals surface area contributed by atoms with Crippen LogP contribution in [0.3, 0.4) is 0 Å². The summed E-state index contributed by atoms with van der Waals surface area (Å²) in [5.74, 6) is 0.845. The molecule has 3 heteroatoms. The van der Waals surface area contributed by atoms with Gasteiger partial charge in [0, 0.05) is 6.04 Å². The molecule has 0 aliphatic rings. The Kier molecular flexibility index (Phi) is 2.39. The Bertz CT molecular complexity index is 486. The summed E-state index contributed by atoms with van der Waals surface area (Å²) in [5, 5.41) is 8.43. The van der Waals surface area contributed by atoms with Gasteiger partial charge in [-0.25, -0.2) is 0 Å². The minimum absolute atomic E-state index is 0.360. The Labute approximate surface area is 89.5 Å². The molecule has 0 radical (unpaired) electrons. The molecule has 0 atom stereocenters. The molecule has 0 bridgehead atoms. The van der Waals surface area contributed by atoms with Crippen molar-refractivity contribution in [1.29, 1.82) is 0 Å². The molecule has 1 heterocycles. The van der Waals surface area contributed by atoms with Crippen molar-refractivity contribution in [3.63, 3.8) is 0 Å². The highest BCUT2D eigenvalue weighted by molar-refractivity contribution is 5.91. The average Bonchev–Trinajstić information content (AvgIpc) is 2.46. The molecule has 2 aromatic rings. The molecule has 0 aliphatic carbocycles. The van der Waals surface area contributed by atoms with E-state index in [9.17, 15) is 0 Å². The second-order valence-electron chi connectivity index (χ2n) is 4.29. The van der Waals surface area contributed by atoms with E-state index in [-0.39, 0.29) is 0 Å². The summed E-state index contributed by atoms with van der Waals surface area (Å²) in [6.07, 6.45) is 0. The Morgan fingerprint density at radius 2 is 2.00 bits per heavy atom. The van der Waals surface area contributed by atoms with Crippen molar-refractivity contribution in [2.45, 2.75) is 33.7 Å². The fourth-order valence-corrected chi connectivity index (χ4v) is 1.82. The van der Waals surface area contributed by atoms with Crippen molar-refractivity contribution >= 4 is 16.8 Å². The van der Waals surface area contributed by atoms with Gasteiger partial charge in [-0.2, -0.15) is 0 Å². The quantitative estimate of drug-likeness (QED) is 0.815. The minimum Gasteiger partial charge on any atom is -0.365 e. The molecule has 0 saturated carbocycles. The zero-order valence-electron chi connectivity index (χ0n) is 9.59. The van der Waals surface area contributed by atoms with Gasteiger partial charge in [-0.3, -0.25) is 0 Å². The molecule has 0 saturated heterocycles. The van der Waals surface area contributed by atoms with Gasteiger partial charge in [0.05, 0.1) is 5.39 Å². The number of benzene rings is 1. The number of aromatic nitrogens is 1. The summed E-state index contributed by atoms with van der Waals surface area (Å²) in [5.41, 5.74) is 3.26. The Balaban J connectivity index is 2.58. The normalized spacial score (nSPS) is 11.3. The van der Waals surface area contributed by atoms with Crippen molar-refractivity contribution in [3.05, 3.63) is 23.3 Å². The number of nitrogens with one attached hydrogen (secondary N) is 1. The SMILES string of the molecule is Cc1cc(C)c2c(NC(C)C)noc2c1. The van der Waals surface area contributed by atoms with Crippen LogP contribution >= 0.6 is 0 Å². The standard InChI is InChI=1S/C12H16N2O/c1-7(2)13-12-11-9(4)5-8(3)6-10(11)15-14-12/h5-7H,1-4H3,(H,13,14). The minimum atomic E-state index is 0.360. The molecule has 3 nitrogen and oxygen atoms in total. The van der Waals surface area contributed by atoms with Gasteiger partial charge in [-0.15, -0.1) is 0 Å². The number of fused-ring (bicyclic) bond motifs is 1. The topological polar surface area (TPSA) is 38.1 Å². The monoisotopic (exact) mass is 204 g/mol. The third-order valence-corrected chi connectivity index (χ3v) is 2.34. The molecule has 0 spiro atoms. The molecule has 1 N–H and O–H groups in total. The highest BCUT2D eigenvalue weighted by Gasteiger charge is 2.11. The van der Waals surface area contributed by atoms with Crippen LogP contribution in [-0.4, -0.2) is 11.2 Å². The molecule has 15 heavy (non-hydrogen) atoms. The lowest BCUT2D eigenvalue weighted by Crippen LogP contribution is -2.10. The van der Waals surface area contributed by atoms with Crippen LogP contribution in [0.25, 0.3) is 11.0 Å². The summed E-state index contributed by atoms with van der Waals surface area (Å²) in [6.45, 7) is 8.32. The molecule has 0 aliphatic heterocycles. The van der Waals surface area contributed by atoms with Crippen LogP contribution in [0, 0.1) is 13.8 Å². The third-order valence-electron chi connectivity index (χ3n) is 2.34. The van der Waals surface area contributed by atoms with Crippen LogP contribution in [-0.2, 0) is 0 Å². The summed E-state index contributed by atoms with van der Waals surface area (Å²) in [6, 6.07) is 4.52. The second kappa shape index (κ2) is 3.57. The fraction of sp³-hybridized carbons (Fsp3) is 0.417. The molecule has 0 fully saturated rings. The molecule has 0 unspecified atom stereocenters. The van der Waals surface area contributed by atoms with E-state index >= 15 is 0 Å². The van der Waals surface area contributed by atoms with Crippen LogP contribution in [0.5, 0.6) is 0 Å². The van der Waals surface area contributed by atoms with E-state index in [1.165, 1.54) is 11.1 Å². The van der Waals surface area contributed by atoms with E-state index in [0.717, 1.165) is 16.8 Å². The third kappa shape index (κ3) is 1.82. The number of anilines is 1. The zero-order valence-corrected chi connectivity index (χ0v) is 9.59. The van der Waals surface area contributed by atoms with Gasteiger partial charge in [-0.1, -0.05) is 11.2 Å². The van der Waals surface area contributed by atoms with Gasteiger partial charge in [0.15, 0.2) is 11.4 Å². The Morgan fingerprint density at radius 3 is 2.67 bits per heavy atom. The number of aryl methyl sites for hydroxylation is 2. The van der Waals surface area contributed by atoms with Crippen LogP contribution in [0.2, 0.25) is 0 Å². The summed E-state index contributed by atoms with van der Waals surface area (Å²) in [4.78, 5) is 0. The van der Waals surface area contributed by atoms with Gasteiger partial charge < -0.3 is 9.84 Å². The van der Waals surface area contributed by atoms with Crippen LogP contribution in [0.15, 0.2) is 16.7 Å². The van der Waals surface area contributed by atoms with Crippen molar-refractivity contribution in [2.24, 2.45) is 0 Å². The zero-order chi connectivity index (χ0) is 11.0. The van der Waals surface area contributed by atoms with Crippen LogP contribution < -0.4 is 5.32 Å². The molecule has 80 valence electrons. The van der Waals surface area contributed by atoms with E-state index in [2.05, 4.69) is 44.2 Å². The van der Waals surface area contributed by atoms with Crippen molar-refractivity contribution in [2.75, 3.05) is 5.32 Å². The number of hydrogen-bond donors (Lipinski definition) is 1. The largest absolute Gasteiger partial charge is 0.365 e. The lowest BCUT2D eigenvalue weighted by atomic mass is 10.1. The lowest BCUT2D eigenvalue weighted by molar-refractivity contribution is 0.458. The van der Waals surface area contributed by atoms with Gasteiger partial charge in [0.1, 0.15) is 0 Å². The van der Waals surface area contributed by atoms with E-state index in [1.54, 1.807) is 0 Å². The number of nitrogens with zero attached hydrogens (tertiary/aromatic N) is 1. The first-order chi connectivity index (χ1) is 7.08. The maximum Gasteiger partial charge on any atom is 0.177 e. The lowest BCUT2D eigenvalue weighted by Gasteiger charge is -2.06. The molecule has 1 aromatic carbocycles. The van der Waals surface area contributed by atoms with Crippen molar-refractivity contribution in [3.8, 4) is 0 Å². The van der Waals surface area contributed by atoms with Crippen molar-refractivity contribution < 1.29 is 4.52 Å². The van der Waals surface area contributed by atoms with Gasteiger partial charge in [0.25, 0.3) is 0 Å². The predicted octanol–water partition coefficient (Wildman–Crippen LogP) is 3.26. The Morgan fingerprint density at radius 1 is 1.27 bits per heavy atom. The molecular weight excluding hydrogens is 188 g/mol. The molecular formula is C12H16N2O. The first kappa shape index (κ1) is 10.0. The average molecular weight is 204 g/mol. The van der Waals surface area contributed by atoms with Gasteiger partial charge in [0.2, 0.25) is 0 Å². The highest BCUT2D eigenvalue weighted by atomic mass is 16.5. The van der Waals surface area contributed by atoms with E-state index in [4.69, 9.17) is 4.52 Å². The summed E-state index contributed by atoms with van der Waals surface area (Å²) >= 11 is 0. The van der Waals surface area contributed by atoms with E-state index in [1.807, 2.05) is 6.07 Å². The molecule has 2 rings (SSSR count). The maximum absolute atomic E-state index is 5.30. The number of rotatable bonds is 2. The highest BCUT2D eigenvalue weighted by Crippen LogP contribution is 2.27. The fourth-order valence-electron chi connectivity index (χ4n) is 1.82. The van der Waals surface area contributed by atoms with Gasteiger partial charge >= 0.3 is 0 Å². The molecule has 0 amide bonds. The van der Waals surface area contributed by atoms with E-state index in [0.29, 0.717) is 6.04 Å². The first-order valence-corrected chi connectivity index (χ1v) is 5.21. The van der Waals surface area contributed by atoms with Gasteiger partial charge in [-0.05, 0) is 44.9 Å². The van der Waals surface area contributed by atoms with Crippen LogP contribution in [0.1, 0.15) is 25.0 Å². The smallest absolute Gasteiger partial charge is 0.177 e. The van der Waals surface area contributed by atoms with E-state index < -0.39 is 0 Å². The first-order valence-electron chi connectivity index (χ1n) is 5.21. The summed E-state index contributed by atoms with van der Waals surface area (Å²) in [7, 11) is 0. The second-order valence-corrected chi connectivity index (χ2v) is 4.29.